The maximum absolute atomic E-state index is 13.7. The maximum atomic E-state index is 13.7. The van der Waals surface area contributed by atoms with Gasteiger partial charge in [0.2, 0.25) is 0 Å². The molecule has 3 nitrogen and oxygen atoms in total. The van der Waals surface area contributed by atoms with E-state index in [1.807, 2.05) is 6.07 Å². The van der Waals surface area contributed by atoms with E-state index in [9.17, 15) is 22.4 Å². The van der Waals surface area contributed by atoms with Crippen LogP contribution in [-0.2, 0) is 6.18 Å². The highest BCUT2D eigenvalue weighted by Gasteiger charge is 2.34. The summed E-state index contributed by atoms with van der Waals surface area (Å²) in [6, 6.07) is 2.92. The zero-order valence-electron chi connectivity index (χ0n) is 11.0. The average Bonchev–Trinajstić information content (AvgIpc) is 2.45. The van der Waals surface area contributed by atoms with Crippen LogP contribution >= 0.6 is 0 Å². The molecule has 7 heteroatoms. The highest BCUT2D eigenvalue weighted by Crippen LogP contribution is 2.31. The maximum Gasteiger partial charge on any atom is 0.416 e. The van der Waals surface area contributed by atoms with Crippen molar-refractivity contribution in [1.82, 2.24) is 4.90 Å². The number of alkyl halides is 3. The van der Waals surface area contributed by atoms with Gasteiger partial charge < -0.3 is 4.90 Å². The van der Waals surface area contributed by atoms with Gasteiger partial charge in [0.15, 0.2) is 0 Å². The van der Waals surface area contributed by atoms with Crippen LogP contribution in [0.15, 0.2) is 18.2 Å². The number of benzene rings is 1. The Morgan fingerprint density at radius 2 is 2.05 bits per heavy atom. The molecule has 0 bridgehead atoms. The predicted octanol–water partition coefficient (Wildman–Crippen LogP) is 3.36. The van der Waals surface area contributed by atoms with Crippen molar-refractivity contribution in [2.24, 2.45) is 0 Å². The van der Waals surface area contributed by atoms with E-state index >= 15 is 0 Å². The van der Waals surface area contributed by atoms with Crippen molar-refractivity contribution < 1.29 is 22.4 Å². The van der Waals surface area contributed by atoms with Crippen molar-refractivity contribution >= 4 is 5.91 Å². The smallest absolute Gasteiger partial charge is 0.323 e. The first-order valence-corrected chi connectivity index (χ1v) is 6.42. The molecule has 1 saturated heterocycles. The molecule has 0 aromatic heterocycles. The van der Waals surface area contributed by atoms with Gasteiger partial charge in [0.25, 0.3) is 5.91 Å². The van der Waals surface area contributed by atoms with Crippen molar-refractivity contribution in [3.63, 3.8) is 0 Å². The first kappa shape index (κ1) is 15.3. The van der Waals surface area contributed by atoms with E-state index < -0.39 is 35.1 Å². The molecule has 1 atom stereocenters. The molecule has 0 N–H and O–H groups in total. The number of piperidine rings is 1. The van der Waals surface area contributed by atoms with Crippen molar-refractivity contribution in [2.75, 3.05) is 6.54 Å². The molecule has 1 aliphatic heterocycles. The van der Waals surface area contributed by atoms with Gasteiger partial charge in [-0.3, -0.25) is 4.79 Å². The fourth-order valence-corrected chi connectivity index (χ4v) is 2.33. The monoisotopic (exact) mass is 300 g/mol. The number of carbonyl (C=O) groups excluding carboxylic acids is 1. The summed E-state index contributed by atoms with van der Waals surface area (Å²) < 4.78 is 51.6. The molecule has 1 heterocycles. The van der Waals surface area contributed by atoms with Gasteiger partial charge in [0.05, 0.1) is 17.2 Å². The number of hydrogen-bond acceptors (Lipinski definition) is 2. The minimum Gasteiger partial charge on any atom is -0.323 e. The third-order valence-electron chi connectivity index (χ3n) is 3.44. The standard InChI is InChI=1S/C14H12F4N2O/c15-12-5-4-9(14(16,17)18)7-11(12)13(21)20-6-2-1-3-10(20)8-19/h4-5,7,10H,1-3,6H2. The van der Waals surface area contributed by atoms with Gasteiger partial charge in [-0.15, -0.1) is 0 Å². The number of halogens is 4. The summed E-state index contributed by atoms with van der Waals surface area (Å²) in [5.41, 5.74) is -1.73. The number of nitrogens with zero attached hydrogens (tertiary/aromatic N) is 2. The lowest BCUT2D eigenvalue weighted by Gasteiger charge is -2.31. The highest BCUT2D eigenvalue weighted by atomic mass is 19.4. The lowest BCUT2D eigenvalue weighted by atomic mass is 10.0. The molecular formula is C14H12F4N2O. The number of carbonyl (C=O) groups is 1. The summed E-state index contributed by atoms with van der Waals surface area (Å²) in [6.07, 6.45) is -2.81. The van der Waals surface area contributed by atoms with Gasteiger partial charge in [-0.25, -0.2) is 4.39 Å². The molecule has 1 amide bonds. The summed E-state index contributed by atoms with van der Waals surface area (Å²) in [7, 11) is 0. The lowest BCUT2D eigenvalue weighted by molar-refractivity contribution is -0.137. The Hall–Kier alpha value is -2.10. The molecule has 2 rings (SSSR count). The van der Waals surface area contributed by atoms with Crippen LogP contribution in [0.4, 0.5) is 17.6 Å². The van der Waals surface area contributed by atoms with Gasteiger partial charge >= 0.3 is 6.18 Å². The second-order valence-electron chi connectivity index (χ2n) is 4.83. The van der Waals surface area contributed by atoms with E-state index in [2.05, 4.69) is 0 Å². The summed E-state index contributed by atoms with van der Waals surface area (Å²) in [5, 5.41) is 8.99. The predicted molar refractivity (Wildman–Crippen MR) is 65.7 cm³/mol. The van der Waals surface area contributed by atoms with Gasteiger partial charge in [-0.1, -0.05) is 0 Å². The second kappa shape index (κ2) is 5.72. The van der Waals surface area contributed by atoms with Gasteiger partial charge in [-0.2, -0.15) is 18.4 Å². The molecule has 1 aromatic carbocycles. The van der Waals surface area contributed by atoms with E-state index in [0.717, 1.165) is 11.3 Å². The molecule has 112 valence electrons. The minimum atomic E-state index is -4.65. The van der Waals surface area contributed by atoms with Crippen LogP contribution in [0.2, 0.25) is 0 Å². The summed E-state index contributed by atoms with van der Waals surface area (Å²) in [6.45, 7) is 0.243. The van der Waals surface area contributed by atoms with Gasteiger partial charge in [-0.05, 0) is 37.5 Å². The molecule has 1 unspecified atom stereocenters. The molecule has 0 spiro atoms. The number of amides is 1. The molecule has 1 fully saturated rings. The SMILES string of the molecule is N#CC1CCCCN1C(=O)c1cc(C(F)(F)F)ccc1F. The van der Waals surface area contributed by atoms with Crippen LogP contribution in [0.5, 0.6) is 0 Å². The quantitative estimate of drug-likeness (QED) is 0.746. The molecule has 0 saturated carbocycles. The molecular weight excluding hydrogens is 288 g/mol. The van der Waals surface area contributed by atoms with Crippen LogP contribution in [-0.4, -0.2) is 23.4 Å². The number of likely N-dealkylation sites (tertiary alicyclic amines) is 1. The molecule has 21 heavy (non-hydrogen) atoms. The van der Waals surface area contributed by atoms with Crippen LogP contribution in [0.1, 0.15) is 35.2 Å². The van der Waals surface area contributed by atoms with Crippen molar-refractivity contribution in [1.29, 1.82) is 5.26 Å². The van der Waals surface area contributed by atoms with E-state index in [1.165, 1.54) is 0 Å². The van der Waals surface area contributed by atoms with Crippen molar-refractivity contribution in [3.05, 3.63) is 35.1 Å². The minimum absolute atomic E-state index is 0.243. The Balaban J connectivity index is 2.36. The van der Waals surface area contributed by atoms with E-state index in [1.54, 1.807) is 0 Å². The highest BCUT2D eigenvalue weighted by molar-refractivity contribution is 5.95. The van der Waals surface area contributed by atoms with E-state index in [4.69, 9.17) is 5.26 Å². The molecule has 1 aromatic rings. The van der Waals surface area contributed by atoms with Crippen molar-refractivity contribution in [3.8, 4) is 6.07 Å². The fraction of sp³-hybridized carbons (Fsp3) is 0.429. The number of nitriles is 1. The van der Waals surface area contributed by atoms with Crippen LogP contribution in [0.3, 0.4) is 0 Å². The molecule has 1 aliphatic rings. The zero-order valence-corrected chi connectivity index (χ0v) is 11.0. The van der Waals surface area contributed by atoms with Gasteiger partial charge in [0, 0.05) is 6.54 Å². The Bertz CT molecular complexity index is 592. The van der Waals surface area contributed by atoms with Crippen LogP contribution < -0.4 is 0 Å². The average molecular weight is 300 g/mol. The topological polar surface area (TPSA) is 44.1 Å². The second-order valence-corrected chi connectivity index (χ2v) is 4.83. The molecule has 0 aliphatic carbocycles. The summed E-state index contributed by atoms with van der Waals surface area (Å²) in [5.74, 6) is -1.89. The lowest BCUT2D eigenvalue weighted by Crippen LogP contribution is -2.43. The number of hydrogen-bond donors (Lipinski definition) is 0. The largest absolute Gasteiger partial charge is 0.416 e. The Morgan fingerprint density at radius 1 is 1.33 bits per heavy atom. The number of rotatable bonds is 1. The summed E-state index contributed by atoms with van der Waals surface area (Å²) in [4.78, 5) is 13.4. The van der Waals surface area contributed by atoms with Crippen LogP contribution in [0.25, 0.3) is 0 Å². The third-order valence-corrected chi connectivity index (χ3v) is 3.44. The van der Waals surface area contributed by atoms with Gasteiger partial charge in [0.1, 0.15) is 11.9 Å². The third kappa shape index (κ3) is 3.15. The Kier molecular flexibility index (Phi) is 4.16. The Labute approximate surface area is 118 Å². The normalized spacial score (nSPS) is 19.2. The van der Waals surface area contributed by atoms with E-state index in [0.29, 0.717) is 31.0 Å². The van der Waals surface area contributed by atoms with E-state index in [-0.39, 0.29) is 6.54 Å². The van der Waals surface area contributed by atoms with Crippen molar-refractivity contribution in [2.45, 2.75) is 31.5 Å². The molecule has 0 radical (unpaired) electrons. The first-order valence-electron chi connectivity index (χ1n) is 6.42. The summed E-state index contributed by atoms with van der Waals surface area (Å²) >= 11 is 0. The zero-order chi connectivity index (χ0) is 15.6. The first-order chi connectivity index (χ1) is 9.84. The fourth-order valence-electron chi connectivity index (χ4n) is 2.33. The Morgan fingerprint density at radius 3 is 2.67 bits per heavy atom. The van der Waals surface area contributed by atoms with Crippen LogP contribution in [0, 0.1) is 17.1 Å².